The van der Waals surface area contributed by atoms with Gasteiger partial charge in [0.2, 0.25) is 0 Å². The van der Waals surface area contributed by atoms with E-state index in [4.69, 9.17) is 4.98 Å². The molecular weight excluding hydrogens is 302 g/mol. The number of benzene rings is 1. The van der Waals surface area contributed by atoms with E-state index in [9.17, 15) is 5.26 Å². The average Bonchev–Trinajstić information content (AvgIpc) is 3.33. The number of hydrogen-bond donors (Lipinski definition) is 1. The van der Waals surface area contributed by atoms with Crippen molar-refractivity contribution in [2.24, 2.45) is 0 Å². The van der Waals surface area contributed by atoms with Crippen molar-refractivity contribution in [1.82, 2.24) is 25.4 Å². The van der Waals surface area contributed by atoms with Crippen molar-refractivity contribution in [3.8, 4) is 28.8 Å². The zero-order chi connectivity index (χ0) is 16.4. The molecule has 1 aliphatic rings. The molecule has 1 saturated heterocycles. The first-order valence-electron chi connectivity index (χ1n) is 7.86. The van der Waals surface area contributed by atoms with Gasteiger partial charge in [0.1, 0.15) is 17.6 Å². The molecule has 0 bridgehead atoms. The fourth-order valence-corrected chi connectivity index (χ4v) is 2.87. The summed E-state index contributed by atoms with van der Waals surface area (Å²) in [5.74, 6) is 1.49. The topological polar surface area (TPSA) is 94.4 Å². The number of anilines is 1. The summed E-state index contributed by atoms with van der Waals surface area (Å²) in [7, 11) is 0. The number of nitrogens with zero attached hydrogens (tertiary/aromatic N) is 6. The van der Waals surface area contributed by atoms with Crippen molar-refractivity contribution in [2.45, 2.75) is 12.8 Å². The van der Waals surface area contributed by atoms with Crippen molar-refractivity contribution < 1.29 is 0 Å². The second-order valence-electron chi connectivity index (χ2n) is 5.64. The Morgan fingerprint density at radius 2 is 1.88 bits per heavy atom. The Balaban J connectivity index is 1.87. The Morgan fingerprint density at radius 1 is 1.08 bits per heavy atom. The van der Waals surface area contributed by atoms with Crippen LogP contribution >= 0.6 is 0 Å². The maximum Gasteiger partial charge on any atom is 0.165 e. The van der Waals surface area contributed by atoms with Gasteiger partial charge in [-0.3, -0.25) is 0 Å². The van der Waals surface area contributed by atoms with Crippen LogP contribution in [0.25, 0.3) is 22.8 Å². The molecule has 0 saturated carbocycles. The minimum atomic E-state index is 0.306. The number of rotatable bonds is 3. The highest BCUT2D eigenvalue weighted by Crippen LogP contribution is 2.27. The minimum Gasteiger partial charge on any atom is -0.356 e. The van der Waals surface area contributed by atoms with Crippen LogP contribution < -0.4 is 4.90 Å². The fraction of sp³-hybridized carbons (Fsp3) is 0.235. The third-order valence-corrected chi connectivity index (χ3v) is 4.08. The van der Waals surface area contributed by atoms with Gasteiger partial charge < -0.3 is 4.90 Å². The Kier molecular flexibility index (Phi) is 3.63. The van der Waals surface area contributed by atoms with E-state index in [2.05, 4.69) is 31.4 Å². The Morgan fingerprint density at radius 3 is 2.62 bits per heavy atom. The van der Waals surface area contributed by atoms with E-state index in [1.165, 1.54) is 0 Å². The molecule has 1 aromatic carbocycles. The Labute approximate surface area is 139 Å². The van der Waals surface area contributed by atoms with Crippen molar-refractivity contribution >= 4 is 5.82 Å². The van der Waals surface area contributed by atoms with Crippen molar-refractivity contribution in [3.63, 3.8) is 0 Å². The number of aromatic nitrogens is 5. The normalized spacial score (nSPS) is 13.9. The molecular formula is C17H15N7. The van der Waals surface area contributed by atoms with Gasteiger partial charge >= 0.3 is 0 Å². The van der Waals surface area contributed by atoms with E-state index in [0.717, 1.165) is 37.3 Å². The molecule has 0 amide bonds. The van der Waals surface area contributed by atoms with Crippen LogP contribution in [0.3, 0.4) is 0 Å². The van der Waals surface area contributed by atoms with Gasteiger partial charge in [-0.05, 0) is 12.8 Å². The molecule has 3 heterocycles. The highest BCUT2D eigenvalue weighted by atomic mass is 15.3. The van der Waals surface area contributed by atoms with Crippen LogP contribution in [-0.2, 0) is 0 Å². The highest BCUT2D eigenvalue weighted by Gasteiger charge is 2.19. The molecule has 118 valence electrons. The molecule has 0 aliphatic carbocycles. The molecule has 1 fully saturated rings. The number of aromatic amines is 1. The summed E-state index contributed by atoms with van der Waals surface area (Å²) >= 11 is 0. The second kappa shape index (κ2) is 6.08. The molecule has 2 aromatic heterocycles. The van der Waals surface area contributed by atoms with Gasteiger partial charge in [-0.2, -0.15) is 5.26 Å². The van der Waals surface area contributed by atoms with E-state index in [-0.39, 0.29) is 0 Å². The van der Waals surface area contributed by atoms with Gasteiger partial charge in [0.05, 0.1) is 5.69 Å². The average molecular weight is 317 g/mol. The second-order valence-corrected chi connectivity index (χ2v) is 5.64. The maximum absolute atomic E-state index is 9.22. The fourth-order valence-electron chi connectivity index (χ4n) is 2.87. The van der Waals surface area contributed by atoms with E-state index in [1.54, 1.807) is 0 Å². The molecule has 7 nitrogen and oxygen atoms in total. The number of nitrogens with one attached hydrogen (secondary N) is 1. The van der Waals surface area contributed by atoms with Gasteiger partial charge in [0.15, 0.2) is 11.5 Å². The van der Waals surface area contributed by atoms with Crippen LogP contribution in [0.4, 0.5) is 5.82 Å². The molecule has 1 aliphatic heterocycles. The lowest BCUT2D eigenvalue weighted by molar-refractivity contribution is 0.925. The highest BCUT2D eigenvalue weighted by molar-refractivity contribution is 5.68. The summed E-state index contributed by atoms with van der Waals surface area (Å²) in [6.45, 7) is 1.96. The molecule has 24 heavy (non-hydrogen) atoms. The molecule has 7 heteroatoms. The first-order chi connectivity index (χ1) is 11.8. The Hall–Kier alpha value is -3.27. The number of nitriles is 1. The molecule has 3 aromatic rings. The van der Waals surface area contributed by atoms with E-state index in [0.29, 0.717) is 22.9 Å². The first kappa shape index (κ1) is 14.3. The summed E-state index contributed by atoms with van der Waals surface area (Å²) in [5, 5.41) is 19.6. The van der Waals surface area contributed by atoms with Gasteiger partial charge in [0.25, 0.3) is 0 Å². The third kappa shape index (κ3) is 2.58. The maximum atomic E-state index is 9.22. The van der Waals surface area contributed by atoms with Crippen LogP contribution in [0, 0.1) is 11.3 Å². The van der Waals surface area contributed by atoms with Crippen LogP contribution in [-0.4, -0.2) is 38.5 Å². The predicted octanol–water partition coefficient (Wildman–Crippen LogP) is 2.40. The molecule has 1 N–H and O–H groups in total. The molecule has 0 unspecified atom stereocenters. The quantitative estimate of drug-likeness (QED) is 0.797. The standard InChI is InChI=1S/C17H15N7/c18-11-14-16(22-23-21-14)13-10-15(24-8-4-5-9-24)20-17(19-13)12-6-2-1-3-7-12/h1-3,6-7,10H,4-5,8-9H2,(H,21,22,23). The zero-order valence-corrected chi connectivity index (χ0v) is 13.0. The van der Waals surface area contributed by atoms with Gasteiger partial charge in [-0.25, -0.2) is 15.1 Å². The SMILES string of the molecule is N#Cc1[nH]nnc1-c1cc(N2CCCC2)nc(-c2ccccc2)n1. The van der Waals surface area contributed by atoms with Gasteiger partial charge in [-0.15, -0.1) is 5.10 Å². The first-order valence-corrected chi connectivity index (χ1v) is 7.86. The lowest BCUT2D eigenvalue weighted by Gasteiger charge is -2.17. The molecule has 0 spiro atoms. The smallest absolute Gasteiger partial charge is 0.165 e. The monoisotopic (exact) mass is 317 g/mol. The van der Waals surface area contributed by atoms with Crippen LogP contribution in [0.5, 0.6) is 0 Å². The summed E-state index contributed by atoms with van der Waals surface area (Å²) in [6, 6.07) is 13.8. The van der Waals surface area contributed by atoms with Crippen LogP contribution in [0.2, 0.25) is 0 Å². The van der Waals surface area contributed by atoms with Crippen molar-refractivity contribution in [1.29, 1.82) is 5.26 Å². The van der Waals surface area contributed by atoms with Crippen LogP contribution in [0.15, 0.2) is 36.4 Å². The summed E-state index contributed by atoms with van der Waals surface area (Å²) in [6.07, 6.45) is 2.32. The zero-order valence-electron chi connectivity index (χ0n) is 13.0. The predicted molar refractivity (Wildman–Crippen MR) is 89.0 cm³/mol. The van der Waals surface area contributed by atoms with E-state index >= 15 is 0 Å². The van der Waals surface area contributed by atoms with Crippen molar-refractivity contribution in [3.05, 3.63) is 42.1 Å². The molecule has 0 atom stereocenters. The summed E-state index contributed by atoms with van der Waals surface area (Å²) in [5.41, 5.74) is 2.30. The van der Waals surface area contributed by atoms with Crippen LogP contribution in [0.1, 0.15) is 18.5 Å². The third-order valence-electron chi connectivity index (χ3n) is 4.08. The number of hydrogen-bond acceptors (Lipinski definition) is 6. The molecule has 4 rings (SSSR count). The van der Waals surface area contributed by atoms with Gasteiger partial charge in [0, 0.05) is 24.7 Å². The summed E-state index contributed by atoms with van der Waals surface area (Å²) in [4.78, 5) is 11.6. The largest absolute Gasteiger partial charge is 0.356 e. The lowest BCUT2D eigenvalue weighted by Crippen LogP contribution is -2.19. The summed E-state index contributed by atoms with van der Waals surface area (Å²) < 4.78 is 0. The number of H-pyrrole nitrogens is 1. The van der Waals surface area contributed by atoms with Crippen molar-refractivity contribution in [2.75, 3.05) is 18.0 Å². The molecule has 0 radical (unpaired) electrons. The lowest BCUT2D eigenvalue weighted by atomic mass is 10.2. The minimum absolute atomic E-state index is 0.306. The van der Waals surface area contributed by atoms with E-state index in [1.807, 2.05) is 36.4 Å². The van der Waals surface area contributed by atoms with E-state index < -0.39 is 0 Å². The Bertz CT molecular complexity index is 889. The van der Waals surface area contributed by atoms with Gasteiger partial charge in [-0.1, -0.05) is 35.5 Å².